The topological polar surface area (TPSA) is 29.5 Å². The minimum absolute atomic E-state index is 0.141. The van der Waals surface area contributed by atoms with Gasteiger partial charge in [0.25, 0.3) is 0 Å². The first-order valence-electron chi connectivity index (χ1n) is 7.37. The van der Waals surface area contributed by atoms with Crippen LogP contribution in [0.4, 0.5) is 4.79 Å². The summed E-state index contributed by atoms with van der Waals surface area (Å²) in [4.78, 5) is 13.9. The van der Waals surface area contributed by atoms with Crippen LogP contribution < -0.4 is 0 Å². The fourth-order valence-corrected chi connectivity index (χ4v) is 3.96. The van der Waals surface area contributed by atoms with Gasteiger partial charge in [0.2, 0.25) is 0 Å². The number of alkyl halides is 1. The number of carbonyl (C=O) groups excluding carboxylic acids is 1. The normalized spacial score (nSPS) is 26.7. The predicted octanol–water partition coefficient (Wildman–Crippen LogP) is 4.20. The Balaban J connectivity index is 1.84. The first-order valence-corrected chi connectivity index (χ1v) is 8.50. The van der Waals surface area contributed by atoms with Gasteiger partial charge < -0.3 is 9.64 Å². The second-order valence-electron chi connectivity index (χ2n) is 7.23. The Bertz CT molecular complexity index is 330. The van der Waals surface area contributed by atoms with Gasteiger partial charge in [0, 0.05) is 18.4 Å². The van der Waals surface area contributed by atoms with Gasteiger partial charge >= 0.3 is 6.09 Å². The largest absolute Gasteiger partial charge is 0.444 e. The minimum Gasteiger partial charge on any atom is -0.444 e. The third-order valence-electron chi connectivity index (χ3n) is 4.50. The van der Waals surface area contributed by atoms with Crippen molar-refractivity contribution in [2.24, 2.45) is 11.3 Å². The third kappa shape index (κ3) is 3.87. The van der Waals surface area contributed by atoms with Crippen LogP contribution in [0, 0.1) is 11.3 Å². The van der Waals surface area contributed by atoms with E-state index in [1.807, 2.05) is 25.7 Å². The number of rotatable bonds is 1. The number of amides is 1. The molecule has 2 rings (SSSR count). The summed E-state index contributed by atoms with van der Waals surface area (Å²) >= 11 is 3.61. The molecule has 2 fully saturated rings. The second kappa shape index (κ2) is 5.63. The molecule has 1 saturated heterocycles. The molecule has 2 aliphatic rings. The highest BCUT2D eigenvalue weighted by molar-refractivity contribution is 9.09. The molecule has 0 unspecified atom stereocenters. The van der Waals surface area contributed by atoms with Crippen LogP contribution in [-0.4, -0.2) is 35.0 Å². The molecule has 1 aliphatic heterocycles. The first kappa shape index (κ1) is 15.1. The van der Waals surface area contributed by atoms with Crippen LogP contribution in [0.25, 0.3) is 0 Å². The number of halogens is 1. The van der Waals surface area contributed by atoms with Gasteiger partial charge in [0.1, 0.15) is 5.60 Å². The number of hydrogen-bond acceptors (Lipinski definition) is 2. The molecule has 0 aromatic carbocycles. The molecule has 0 radical (unpaired) electrons. The van der Waals surface area contributed by atoms with Crippen LogP contribution in [0.15, 0.2) is 0 Å². The molecule has 110 valence electrons. The lowest BCUT2D eigenvalue weighted by molar-refractivity contribution is 0.0104. The second-order valence-corrected chi connectivity index (χ2v) is 7.88. The zero-order valence-corrected chi connectivity index (χ0v) is 14.0. The van der Waals surface area contributed by atoms with E-state index in [2.05, 4.69) is 15.9 Å². The fourth-order valence-electron chi connectivity index (χ4n) is 3.40. The van der Waals surface area contributed by atoms with Gasteiger partial charge in [-0.2, -0.15) is 0 Å². The Morgan fingerprint density at radius 2 is 1.95 bits per heavy atom. The standard InChI is InChI=1S/C15H26BrNO2/c1-14(2,3)19-13(18)17-8-6-15(7-9-17)5-4-12(10-15)11-16/h12H,4-11H2,1-3H3/t12-/m0/s1. The van der Waals surface area contributed by atoms with Gasteiger partial charge in [0.05, 0.1) is 0 Å². The van der Waals surface area contributed by atoms with Crippen molar-refractivity contribution in [3.63, 3.8) is 0 Å². The van der Waals surface area contributed by atoms with Crippen LogP contribution in [0.2, 0.25) is 0 Å². The molecule has 0 bridgehead atoms. The Morgan fingerprint density at radius 3 is 2.42 bits per heavy atom. The highest BCUT2D eigenvalue weighted by Crippen LogP contribution is 2.49. The van der Waals surface area contributed by atoms with E-state index in [1.165, 1.54) is 19.3 Å². The van der Waals surface area contributed by atoms with Crippen LogP contribution in [-0.2, 0) is 4.74 Å². The monoisotopic (exact) mass is 331 g/mol. The van der Waals surface area contributed by atoms with Crippen molar-refractivity contribution in [2.75, 3.05) is 18.4 Å². The van der Waals surface area contributed by atoms with Crippen molar-refractivity contribution in [3.05, 3.63) is 0 Å². The van der Waals surface area contributed by atoms with Crippen molar-refractivity contribution in [1.82, 2.24) is 4.90 Å². The van der Waals surface area contributed by atoms with Crippen LogP contribution in [0.1, 0.15) is 52.9 Å². The number of carbonyl (C=O) groups is 1. The number of hydrogen-bond donors (Lipinski definition) is 0. The molecule has 0 aromatic rings. The molecule has 1 amide bonds. The lowest BCUT2D eigenvalue weighted by Gasteiger charge is -2.40. The Kier molecular flexibility index (Phi) is 4.49. The van der Waals surface area contributed by atoms with Crippen molar-refractivity contribution in [3.8, 4) is 0 Å². The van der Waals surface area contributed by atoms with Gasteiger partial charge in [-0.3, -0.25) is 0 Å². The summed E-state index contributed by atoms with van der Waals surface area (Å²) in [6.07, 6.45) is 6.17. The number of nitrogens with zero attached hydrogens (tertiary/aromatic N) is 1. The van der Waals surface area contributed by atoms with E-state index in [0.717, 1.165) is 37.2 Å². The minimum atomic E-state index is -0.388. The molecule has 1 spiro atoms. The summed E-state index contributed by atoms with van der Waals surface area (Å²) in [5.41, 5.74) is 0.123. The molecular weight excluding hydrogens is 306 g/mol. The lowest BCUT2D eigenvalue weighted by atomic mass is 9.76. The molecular formula is C15H26BrNO2. The van der Waals surface area contributed by atoms with Crippen molar-refractivity contribution < 1.29 is 9.53 Å². The van der Waals surface area contributed by atoms with E-state index in [4.69, 9.17) is 4.74 Å². The number of piperidine rings is 1. The van der Waals surface area contributed by atoms with Crippen LogP contribution >= 0.6 is 15.9 Å². The molecule has 0 N–H and O–H groups in total. The molecule has 19 heavy (non-hydrogen) atoms. The highest BCUT2D eigenvalue weighted by atomic mass is 79.9. The van der Waals surface area contributed by atoms with Gasteiger partial charge in [0.15, 0.2) is 0 Å². The average Bonchev–Trinajstić information content (AvgIpc) is 2.71. The van der Waals surface area contributed by atoms with E-state index in [9.17, 15) is 4.79 Å². The molecule has 3 nitrogen and oxygen atoms in total. The zero-order valence-electron chi connectivity index (χ0n) is 12.4. The van der Waals surface area contributed by atoms with Crippen molar-refractivity contribution >= 4 is 22.0 Å². The average molecular weight is 332 g/mol. The molecule has 0 aromatic heterocycles. The Morgan fingerprint density at radius 1 is 1.32 bits per heavy atom. The predicted molar refractivity (Wildman–Crippen MR) is 80.6 cm³/mol. The van der Waals surface area contributed by atoms with E-state index in [0.29, 0.717) is 5.41 Å². The van der Waals surface area contributed by atoms with E-state index >= 15 is 0 Å². The molecule has 1 atom stereocenters. The smallest absolute Gasteiger partial charge is 0.410 e. The van der Waals surface area contributed by atoms with Crippen LogP contribution in [0.5, 0.6) is 0 Å². The van der Waals surface area contributed by atoms with Gasteiger partial charge in [-0.25, -0.2) is 4.79 Å². The lowest BCUT2D eigenvalue weighted by Crippen LogP contribution is -2.44. The summed E-state index contributed by atoms with van der Waals surface area (Å²) in [7, 11) is 0. The molecule has 1 saturated carbocycles. The summed E-state index contributed by atoms with van der Waals surface area (Å²) < 4.78 is 5.45. The van der Waals surface area contributed by atoms with Crippen molar-refractivity contribution in [1.29, 1.82) is 0 Å². The maximum absolute atomic E-state index is 12.0. The quantitative estimate of drug-likeness (QED) is 0.674. The molecule has 1 heterocycles. The molecule has 1 aliphatic carbocycles. The van der Waals surface area contributed by atoms with Gasteiger partial charge in [-0.15, -0.1) is 0 Å². The Hall–Kier alpha value is -0.250. The van der Waals surface area contributed by atoms with Crippen LogP contribution in [0.3, 0.4) is 0 Å². The maximum Gasteiger partial charge on any atom is 0.410 e. The summed E-state index contributed by atoms with van der Waals surface area (Å²) in [6.45, 7) is 7.50. The first-order chi connectivity index (χ1) is 8.84. The summed E-state index contributed by atoms with van der Waals surface area (Å²) in [6, 6.07) is 0. The fraction of sp³-hybridized carbons (Fsp3) is 0.933. The maximum atomic E-state index is 12.0. The summed E-state index contributed by atoms with van der Waals surface area (Å²) in [5.74, 6) is 0.841. The van der Waals surface area contributed by atoms with E-state index < -0.39 is 0 Å². The zero-order chi connectivity index (χ0) is 14.1. The Labute approximate surface area is 125 Å². The highest BCUT2D eigenvalue weighted by Gasteiger charge is 2.42. The van der Waals surface area contributed by atoms with Gasteiger partial charge in [-0.05, 0) is 64.2 Å². The van der Waals surface area contributed by atoms with Crippen molar-refractivity contribution in [2.45, 2.75) is 58.5 Å². The van der Waals surface area contributed by atoms with Gasteiger partial charge in [-0.1, -0.05) is 15.9 Å². The molecule has 4 heteroatoms. The van der Waals surface area contributed by atoms with E-state index in [1.54, 1.807) is 0 Å². The number of ether oxygens (including phenoxy) is 1. The van der Waals surface area contributed by atoms with E-state index in [-0.39, 0.29) is 11.7 Å². The summed E-state index contributed by atoms with van der Waals surface area (Å²) in [5, 5.41) is 1.13. The SMILES string of the molecule is CC(C)(C)OC(=O)N1CCC2(CC[C@H](CBr)C2)CC1. The number of likely N-dealkylation sites (tertiary alicyclic amines) is 1. The third-order valence-corrected chi connectivity index (χ3v) is 5.41.